The molecule has 4 aromatic rings. The quantitative estimate of drug-likeness (QED) is 0.509. The predicted molar refractivity (Wildman–Crippen MR) is 112 cm³/mol. The number of aromatic amines is 1. The van der Waals surface area contributed by atoms with Gasteiger partial charge in [-0.1, -0.05) is 48.5 Å². The van der Waals surface area contributed by atoms with E-state index in [4.69, 9.17) is 0 Å². The molecule has 5 rings (SSSR count). The molecular weight excluding hydrogens is 397 g/mol. The van der Waals surface area contributed by atoms with E-state index in [-0.39, 0.29) is 17.2 Å². The number of carbonyl (C=O) groups is 2. The highest BCUT2D eigenvalue weighted by molar-refractivity contribution is 6.11. The normalized spacial score (nSPS) is 15.2. The zero-order valence-corrected chi connectivity index (χ0v) is 16.1. The summed E-state index contributed by atoms with van der Waals surface area (Å²) in [7, 11) is 0. The molecule has 0 fully saturated rings. The fourth-order valence-electron chi connectivity index (χ4n) is 3.99. The van der Waals surface area contributed by atoms with Crippen LogP contribution in [-0.2, 0) is 0 Å². The summed E-state index contributed by atoms with van der Waals surface area (Å²) in [6, 6.07) is 20.9. The second-order valence-corrected chi connectivity index (χ2v) is 7.18. The number of hydrogen-bond donors (Lipinski definition) is 2. The first-order valence-electron chi connectivity index (χ1n) is 9.61. The smallest absolute Gasteiger partial charge is 0.335 e. The molecule has 0 spiro atoms. The van der Waals surface area contributed by atoms with Crippen molar-refractivity contribution >= 4 is 17.6 Å². The van der Waals surface area contributed by atoms with Crippen LogP contribution in [0.2, 0.25) is 0 Å². The Bertz CT molecular complexity index is 1300. The number of carboxylic acids is 1. The zero-order chi connectivity index (χ0) is 21.5. The highest BCUT2D eigenvalue weighted by atomic mass is 19.1. The molecule has 0 aliphatic carbocycles. The highest BCUT2D eigenvalue weighted by Gasteiger charge is 2.44. The van der Waals surface area contributed by atoms with Crippen molar-refractivity contribution in [1.82, 2.24) is 10.2 Å². The van der Waals surface area contributed by atoms with Crippen LogP contribution < -0.4 is 4.90 Å². The summed E-state index contributed by atoms with van der Waals surface area (Å²) < 4.78 is 14.9. The average Bonchev–Trinajstić information content (AvgIpc) is 3.34. The van der Waals surface area contributed by atoms with Crippen molar-refractivity contribution in [2.75, 3.05) is 4.90 Å². The van der Waals surface area contributed by atoms with E-state index in [2.05, 4.69) is 10.2 Å². The van der Waals surface area contributed by atoms with Crippen LogP contribution in [0.4, 0.5) is 10.1 Å². The number of nitrogens with zero attached hydrogens (tertiary/aromatic N) is 2. The van der Waals surface area contributed by atoms with Gasteiger partial charge in [0.05, 0.1) is 17.3 Å². The van der Waals surface area contributed by atoms with Crippen LogP contribution in [0.5, 0.6) is 0 Å². The second kappa shape index (κ2) is 7.21. The summed E-state index contributed by atoms with van der Waals surface area (Å²) in [4.78, 5) is 26.1. The Morgan fingerprint density at radius 2 is 1.65 bits per heavy atom. The number of fused-ring (bicyclic) bond motifs is 1. The first-order valence-corrected chi connectivity index (χ1v) is 9.61. The van der Waals surface area contributed by atoms with Crippen LogP contribution in [0.15, 0.2) is 78.9 Å². The van der Waals surface area contributed by atoms with Gasteiger partial charge in [0.1, 0.15) is 11.5 Å². The van der Waals surface area contributed by atoms with E-state index < -0.39 is 17.8 Å². The molecule has 152 valence electrons. The van der Waals surface area contributed by atoms with E-state index in [1.807, 2.05) is 30.3 Å². The van der Waals surface area contributed by atoms with Crippen molar-refractivity contribution in [3.05, 3.63) is 107 Å². The number of anilines is 1. The van der Waals surface area contributed by atoms with Crippen molar-refractivity contribution in [1.29, 1.82) is 0 Å². The van der Waals surface area contributed by atoms with Gasteiger partial charge in [-0.2, -0.15) is 5.10 Å². The summed E-state index contributed by atoms with van der Waals surface area (Å²) in [6.45, 7) is 0. The fourth-order valence-corrected chi connectivity index (χ4v) is 3.99. The molecule has 1 atom stereocenters. The van der Waals surface area contributed by atoms with Gasteiger partial charge in [0.2, 0.25) is 0 Å². The van der Waals surface area contributed by atoms with Gasteiger partial charge in [0.15, 0.2) is 0 Å². The maximum Gasteiger partial charge on any atom is 0.335 e. The van der Waals surface area contributed by atoms with Gasteiger partial charge < -0.3 is 5.11 Å². The zero-order valence-electron chi connectivity index (χ0n) is 16.1. The Kier molecular flexibility index (Phi) is 4.36. The highest BCUT2D eigenvalue weighted by Crippen LogP contribution is 2.45. The lowest BCUT2D eigenvalue weighted by atomic mass is 9.95. The molecule has 0 saturated carbocycles. The van der Waals surface area contributed by atoms with Gasteiger partial charge in [-0.05, 0) is 30.3 Å². The Hall–Kier alpha value is -4.26. The molecule has 31 heavy (non-hydrogen) atoms. The molecule has 0 bridgehead atoms. The van der Waals surface area contributed by atoms with Gasteiger partial charge in [-0.15, -0.1) is 0 Å². The molecule has 2 heterocycles. The minimum absolute atomic E-state index is 0.1000. The molecule has 7 heteroatoms. The number of aromatic carboxylic acids is 1. The van der Waals surface area contributed by atoms with E-state index in [1.165, 1.54) is 23.1 Å². The SMILES string of the molecule is O=C(O)c1ccc(N2C(=O)c3[nH]nc(-c4ccccc4)c3C2c2ccccc2F)cc1. The summed E-state index contributed by atoms with van der Waals surface area (Å²) in [6.07, 6.45) is 0. The Labute approximate surface area is 176 Å². The molecular formula is C24H16FN3O3. The molecule has 1 unspecified atom stereocenters. The number of nitrogens with one attached hydrogen (secondary N) is 1. The summed E-state index contributed by atoms with van der Waals surface area (Å²) >= 11 is 0. The number of carbonyl (C=O) groups excluding carboxylic acids is 1. The largest absolute Gasteiger partial charge is 0.478 e. The van der Waals surface area contributed by atoms with Crippen molar-refractivity contribution < 1.29 is 19.1 Å². The van der Waals surface area contributed by atoms with E-state index in [0.717, 1.165) is 5.56 Å². The van der Waals surface area contributed by atoms with Crippen molar-refractivity contribution in [2.24, 2.45) is 0 Å². The van der Waals surface area contributed by atoms with Gasteiger partial charge in [-0.3, -0.25) is 14.8 Å². The molecule has 1 aromatic heterocycles. The summed E-state index contributed by atoms with van der Waals surface area (Å²) in [5.74, 6) is -1.87. The molecule has 1 aliphatic heterocycles. The Balaban J connectivity index is 1.72. The van der Waals surface area contributed by atoms with Crippen LogP contribution in [-0.4, -0.2) is 27.2 Å². The minimum Gasteiger partial charge on any atom is -0.478 e. The second-order valence-electron chi connectivity index (χ2n) is 7.18. The molecule has 1 aliphatic rings. The summed E-state index contributed by atoms with van der Waals surface area (Å²) in [5, 5.41) is 16.4. The number of amides is 1. The minimum atomic E-state index is -1.06. The topological polar surface area (TPSA) is 86.3 Å². The average molecular weight is 413 g/mol. The van der Waals surface area contributed by atoms with Crippen molar-refractivity contribution in [3.8, 4) is 11.3 Å². The molecule has 2 N–H and O–H groups in total. The van der Waals surface area contributed by atoms with Gasteiger partial charge in [-0.25, -0.2) is 9.18 Å². The van der Waals surface area contributed by atoms with Gasteiger partial charge in [0.25, 0.3) is 5.91 Å². The fraction of sp³-hybridized carbons (Fsp3) is 0.0417. The third kappa shape index (κ3) is 2.98. The number of halogens is 1. The Morgan fingerprint density at radius 1 is 0.968 bits per heavy atom. The number of carboxylic acid groups (broad SMARTS) is 1. The first-order chi connectivity index (χ1) is 15.1. The van der Waals surface area contributed by atoms with Crippen molar-refractivity contribution in [2.45, 2.75) is 6.04 Å². The van der Waals surface area contributed by atoms with E-state index in [0.29, 0.717) is 22.5 Å². The molecule has 6 nitrogen and oxygen atoms in total. The maximum atomic E-state index is 14.9. The lowest BCUT2D eigenvalue weighted by molar-refractivity contribution is 0.0696. The van der Waals surface area contributed by atoms with Crippen LogP contribution >= 0.6 is 0 Å². The van der Waals surface area contributed by atoms with E-state index >= 15 is 0 Å². The van der Waals surface area contributed by atoms with Gasteiger partial charge in [0, 0.05) is 22.4 Å². The van der Waals surface area contributed by atoms with Gasteiger partial charge >= 0.3 is 5.97 Å². The lowest BCUT2D eigenvalue weighted by Gasteiger charge is -2.27. The van der Waals surface area contributed by atoms with Crippen LogP contribution in [0.3, 0.4) is 0 Å². The number of benzene rings is 3. The predicted octanol–water partition coefficient (Wildman–Crippen LogP) is 4.66. The third-order valence-corrected chi connectivity index (χ3v) is 5.41. The van der Waals surface area contributed by atoms with E-state index in [9.17, 15) is 19.1 Å². The monoisotopic (exact) mass is 413 g/mol. The molecule has 1 amide bonds. The number of aromatic nitrogens is 2. The standard InChI is InChI=1S/C24H16FN3O3/c25-18-9-5-4-8-17(18)22-19-20(14-6-2-1-3-7-14)26-27-21(19)23(29)28(22)16-12-10-15(11-13-16)24(30)31/h1-13,22H,(H,26,27)(H,30,31). The number of hydrogen-bond acceptors (Lipinski definition) is 3. The van der Waals surface area contributed by atoms with Crippen LogP contribution in [0, 0.1) is 5.82 Å². The van der Waals surface area contributed by atoms with Crippen LogP contribution in [0.1, 0.15) is 38.0 Å². The maximum absolute atomic E-state index is 14.9. The third-order valence-electron chi connectivity index (χ3n) is 5.41. The van der Waals surface area contributed by atoms with E-state index in [1.54, 1.807) is 30.3 Å². The molecule has 3 aromatic carbocycles. The van der Waals surface area contributed by atoms with Crippen LogP contribution in [0.25, 0.3) is 11.3 Å². The summed E-state index contributed by atoms with van der Waals surface area (Å²) in [5.41, 5.74) is 3.14. The first kappa shape index (κ1) is 18.7. The Morgan fingerprint density at radius 3 is 2.32 bits per heavy atom. The number of H-pyrrole nitrogens is 1. The molecule has 0 saturated heterocycles. The number of rotatable bonds is 4. The molecule has 0 radical (unpaired) electrons. The van der Waals surface area contributed by atoms with Crippen molar-refractivity contribution in [3.63, 3.8) is 0 Å². The lowest BCUT2D eigenvalue weighted by Crippen LogP contribution is -2.29.